The molecule has 0 bridgehead atoms. The van der Waals surface area contributed by atoms with Gasteiger partial charge in [-0.05, 0) is 26.0 Å². The van der Waals surface area contributed by atoms with Gasteiger partial charge in [0.05, 0.1) is 13.2 Å². The van der Waals surface area contributed by atoms with E-state index >= 15 is 0 Å². The molecular weight excluding hydrogens is 206 g/mol. The monoisotopic (exact) mass is 221 g/mol. The molecule has 16 heavy (non-hydrogen) atoms. The minimum Gasteiger partial charge on any atom is -0.398 e. The zero-order chi connectivity index (χ0) is 11.8. The summed E-state index contributed by atoms with van der Waals surface area (Å²) >= 11 is 0. The number of benzene rings is 1. The van der Waals surface area contributed by atoms with Gasteiger partial charge in [0.2, 0.25) is 0 Å². The predicted octanol–water partition coefficient (Wildman–Crippen LogP) is 1.69. The van der Waals surface area contributed by atoms with Gasteiger partial charge in [-0.25, -0.2) is 0 Å². The maximum absolute atomic E-state index is 11.4. The summed E-state index contributed by atoms with van der Waals surface area (Å²) in [5.41, 5.74) is 7.55. The van der Waals surface area contributed by atoms with Crippen LogP contribution in [0.2, 0.25) is 0 Å². The van der Waals surface area contributed by atoms with E-state index in [0.29, 0.717) is 24.5 Å². The third-order valence-corrected chi connectivity index (χ3v) is 2.80. The third-order valence-electron chi connectivity index (χ3n) is 2.80. The summed E-state index contributed by atoms with van der Waals surface area (Å²) in [6.07, 6.45) is 0. The molecule has 1 heterocycles. The molecule has 0 radical (unpaired) electrons. The van der Waals surface area contributed by atoms with Gasteiger partial charge < -0.3 is 15.2 Å². The number of carbonyl (C=O) groups excluding carboxylic acids is 1. The van der Waals surface area contributed by atoms with Crippen LogP contribution in [0.15, 0.2) is 18.2 Å². The molecule has 2 N–H and O–H groups in total. The summed E-state index contributed by atoms with van der Waals surface area (Å²) < 4.78 is 11.1. The van der Waals surface area contributed by atoms with E-state index in [2.05, 4.69) is 0 Å². The summed E-state index contributed by atoms with van der Waals surface area (Å²) in [6, 6.07) is 5.28. The topological polar surface area (TPSA) is 61.5 Å². The SMILES string of the molecule is CC(=O)c1cc(C2(C)OCCO2)ccc1N. The molecule has 1 saturated heterocycles. The van der Waals surface area contributed by atoms with Gasteiger partial charge in [-0.1, -0.05) is 6.07 Å². The number of hydrogen-bond donors (Lipinski definition) is 1. The fourth-order valence-electron chi connectivity index (χ4n) is 1.82. The van der Waals surface area contributed by atoms with Crippen molar-refractivity contribution in [1.29, 1.82) is 0 Å². The van der Waals surface area contributed by atoms with E-state index in [-0.39, 0.29) is 5.78 Å². The Hall–Kier alpha value is -1.39. The second kappa shape index (κ2) is 3.88. The van der Waals surface area contributed by atoms with Gasteiger partial charge in [0.25, 0.3) is 0 Å². The standard InChI is InChI=1S/C12H15NO3/c1-8(14)10-7-9(3-4-11(10)13)12(2)15-5-6-16-12/h3-4,7H,5-6,13H2,1-2H3. The molecule has 0 unspecified atom stereocenters. The van der Waals surface area contributed by atoms with Gasteiger partial charge in [-0.15, -0.1) is 0 Å². The number of anilines is 1. The van der Waals surface area contributed by atoms with E-state index in [1.165, 1.54) is 6.92 Å². The molecular formula is C12H15NO3. The summed E-state index contributed by atoms with van der Waals surface area (Å²) in [6.45, 7) is 4.47. The largest absolute Gasteiger partial charge is 0.398 e. The van der Waals surface area contributed by atoms with Crippen molar-refractivity contribution in [3.8, 4) is 0 Å². The second-order valence-corrected chi connectivity index (χ2v) is 4.00. The number of Topliss-reactive ketones (excluding diaryl/α,β-unsaturated/α-hetero) is 1. The van der Waals surface area contributed by atoms with Crippen LogP contribution >= 0.6 is 0 Å². The molecule has 1 fully saturated rings. The summed E-state index contributed by atoms with van der Waals surface area (Å²) in [4.78, 5) is 11.4. The second-order valence-electron chi connectivity index (χ2n) is 4.00. The normalized spacial score (nSPS) is 18.6. The van der Waals surface area contributed by atoms with Crippen LogP contribution in [0.4, 0.5) is 5.69 Å². The third kappa shape index (κ3) is 1.81. The van der Waals surface area contributed by atoms with Crippen molar-refractivity contribution in [2.45, 2.75) is 19.6 Å². The summed E-state index contributed by atoms with van der Waals surface area (Å²) in [5, 5.41) is 0. The molecule has 0 aliphatic carbocycles. The minimum atomic E-state index is -0.752. The predicted molar refractivity (Wildman–Crippen MR) is 60.1 cm³/mol. The molecule has 0 spiro atoms. The minimum absolute atomic E-state index is 0.0547. The highest BCUT2D eigenvalue weighted by Gasteiger charge is 2.33. The molecule has 2 rings (SSSR count). The van der Waals surface area contributed by atoms with E-state index in [1.807, 2.05) is 13.0 Å². The van der Waals surface area contributed by atoms with E-state index in [0.717, 1.165) is 5.56 Å². The number of carbonyl (C=O) groups is 1. The molecule has 0 atom stereocenters. The van der Waals surface area contributed by atoms with Crippen LogP contribution in [-0.4, -0.2) is 19.0 Å². The quantitative estimate of drug-likeness (QED) is 0.609. The van der Waals surface area contributed by atoms with Gasteiger partial charge in [0.15, 0.2) is 11.6 Å². The van der Waals surface area contributed by atoms with Crippen molar-refractivity contribution in [3.63, 3.8) is 0 Å². The van der Waals surface area contributed by atoms with E-state index < -0.39 is 5.79 Å². The average molecular weight is 221 g/mol. The first-order valence-electron chi connectivity index (χ1n) is 5.22. The van der Waals surface area contributed by atoms with Crippen molar-refractivity contribution in [3.05, 3.63) is 29.3 Å². The summed E-state index contributed by atoms with van der Waals surface area (Å²) in [5.74, 6) is -0.807. The van der Waals surface area contributed by atoms with E-state index in [9.17, 15) is 4.79 Å². The lowest BCUT2D eigenvalue weighted by atomic mass is 10.0. The fraction of sp³-hybridized carbons (Fsp3) is 0.417. The van der Waals surface area contributed by atoms with Crippen molar-refractivity contribution in [1.82, 2.24) is 0 Å². The molecule has 1 aliphatic rings. The van der Waals surface area contributed by atoms with E-state index in [1.54, 1.807) is 12.1 Å². The highest BCUT2D eigenvalue weighted by molar-refractivity contribution is 5.99. The number of ketones is 1. The average Bonchev–Trinajstić information content (AvgIpc) is 2.66. The number of hydrogen-bond acceptors (Lipinski definition) is 4. The van der Waals surface area contributed by atoms with Gasteiger partial charge in [-0.2, -0.15) is 0 Å². The zero-order valence-corrected chi connectivity index (χ0v) is 9.45. The van der Waals surface area contributed by atoms with Crippen LogP contribution in [0.25, 0.3) is 0 Å². The van der Waals surface area contributed by atoms with Crippen LogP contribution in [0.5, 0.6) is 0 Å². The van der Waals surface area contributed by atoms with Crippen molar-refractivity contribution in [2.24, 2.45) is 0 Å². The Labute approximate surface area is 94.3 Å². The Morgan fingerprint density at radius 3 is 2.56 bits per heavy atom. The molecule has 4 heteroatoms. The number of nitrogen functional groups attached to an aromatic ring is 1. The van der Waals surface area contributed by atoms with Gasteiger partial charge in [-0.3, -0.25) is 4.79 Å². The Morgan fingerprint density at radius 2 is 2.00 bits per heavy atom. The molecule has 1 aromatic rings. The number of ether oxygens (including phenoxy) is 2. The first kappa shape index (κ1) is 11.1. The first-order chi connectivity index (χ1) is 7.53. The molecule has 1 aliphatic heterocycles. The van der Waals surface area contributed by atoms with Crippen LogP contribution in [0, 0.1) is 0 Å². The summed E-state index contributed by atoms with van der Waals surface area (Å²) in [7, 11) is 0. The molecule has 86 valence electrons. The first-order valence-corrected chi connectivity index (χ1v) is 5.22. The molecule has 0 aromatic heterocycles. The number of nitrogens with two attached hydrogens (primary N) is 1. The lowest BCUT2D eigenvalue weighted by Crippen LogP contribution is -2.23. The molecule has 4 nitrogen and oxygen atoms in total. The Morgan fingerprint density at radius 1 is 1.38 bits per heavy atom. The Balaban J connectivity index is 2.43. The van der Waals surface area contributed by atoms with Crippen molar-refractivity contribution < 1.29 is 14.3 Å². The van der Waals surface area contributed by atoms with Crippen LogP contribution in [-0.2, 0) is 15.3 Å². The Bertz CT molecular complexity index is 422. The smallest absolute Gasteiger partial charge is 0.192 e. The Kier molecular flexibility index (Phi) is 2.69. The zero-order valence-electron chi connectivity index (χ0n) is 9.45. The van der Waals surface area contributed by atoms with Crippen molar-refractivity contribution >= 4 is 11.5 Å². The van der Waals surface area contributed by atoms with Crippen molar-refractivity contribution in [2.75, 3.05) is 18.9 Å². The molecule has 0 amide bonds. The van der Waals surface area contributed by atoms with Gasteiger partial charge >= 0.3 is 0 Å². The van der Waals surface area contributed by atoms with Crippen LogP contribution in [0.3, 0.4) is 0 Å². The van der Waals surface area contributed by atoms with Gasteiger partial charge in [0.1, 0.15) is 0 Å². The highest BCUT2D eigenvalue weighted by atomic mass is 16.7. The maximum Gasteiger partial charge on any atom is 0.192 e. The van der Waals surface area contributed by atoms with E-state index in [4.69, 9.17) is 15.2 Å². The lowest BCUT2D eigenvalue weighted by molar-refractivity contribution is -0.149. The molecule has 1 aromatic carbocycles. The fourth-order valence-corrected chi connectivity index (χ4v) is 1.82. The highest BCUT2D eigenvalue weighted by Crippen LogP contribution is 2.32. The molecule has 0 saturated carbocycles. The van der Waals surface area contributed by atoms with Crippen LogP contribution in [0.1, 0.15) is 29.8 Å². The van der Waals surface area contributed by atoms with Crippen LogP contribution < -0.4 is 5.73 Å². The number of rotatable bonds is 2. The van der Waals surface area contributed by atoms with Gasteiger partial charge in [0, 0.05) is 16.8 Å². The maximum atomic E-state index is 11.4. The lowest BCUT2D eigenvalue weighted by Gasteiger charge is -2.23.